The molecule has 208 valence electrons. The number of nitrogens with zero attached hydrogens (tertiary/aromatic N) is 2. The van der Waals surface area contributed by atoms with Crippen molar-refractivity contribution in [1.29, 1.82) is 0 Å². The van der Waals surface area contributed by atoms with Crippen LogP contribution in [0.25, 0.3) is 0 Å². The normalized spacial score (nSPS) is 10.8. The van der Waals surface area contributed by atoms with E-state index in [1.54, 1.807) is 12.4 Å². The average Bonchev–Trinajstić information content (AvgIpc) is 2.93. The fourth-order valence-corrected chi connectivity index (χ4v) is 3.50. The van der Waals surface area contributed by atoms with Gasteiger partial charge in [-0.3, -0.25) is 0 Å². The lowest BCUT2D eigenvalue weighted by Crippen LogP contribution is -2.22. The SMILES string of the molecule is CCCCc1cnc(C#Cc2ccc(C(F)(F)Oc3cc(F)c(C#Cc4cc(F)c(F)c(F)c4)c(F)c3)cc2)nc1. The van der Waals surface area contributed by atoms with Gasteiger partial charge in [0.05, 0.1) is 11.1 Å². The van der Waals surface area contributed by atoms with E-state index in [0.717, 1.165) is 37.0 Å². The van der Waals surface area contributed by atoms with Gasteiger partial charge in [-0.05, 0) is 60.7 Å². The highest BCUT2D eigenvalue weighted by molar-refractivity contribution is 5.47. The van der Waals surface area contributed by atoms with Gasteiger partial charge in [-0.1, -0.05) is 31.1 Å². The van der Waals surface area contributed by atoms with E-state index in [-0.39, 0.29) is 5.82 Å². The Labute approximate surface area is 231 Å². The van der Waals surface area contributed by atoms with E-state index in [0.29, 0.717) is 29.8 Å². The first-order valence-corrected chi connectivity index (χ1v) is 12.2. The molecule has 3 aromatic carbocycles. The third-order valence-corrected chi connectivity index (χ3v) is 5.64. The third kappa shape index (κ3) is 7.43. The maximum absolute atomic E-state index is 14.7. The van der Waals surface area contributed by atoms with Crippen molar-refractivity contribution in [2.45, 2.75) is 32.3 Å². The lowest BCUT2D eigenvalue weighted by Gasteiger charge is -2.18. The zero-order valence-electron chi connectivity index (χ0n) is 21.3. The lowest BCUT2D eigenvalue weighted by atomic mass is 10.1. The summed E-state index contributed by atoms with van der Waals surface area (Å²) in [7, 11) is 0. The Hall–Kier alpha value is -4.83. The second-order valence-electron chi connectivity index (χ2n) is 8.73. The van der Waals surface area contributed by atoms with Crippen LogP contribution in [0.4, 0.5) is 30.7 Å². The predicted molar refractivity (Wildman–Crippen MR) is 136 cm³/mol. The van der Waals surface area contributed by atoms with E-state index in [9.17, 15) is 30.7 Å². The third-order valence-electron chi connectivity index (χ3n) is 5.64. The molecule has 0 amide bonds. The number of aromatic nitrogens is 2. The summed E-state index contributed by atoms with van der Waals surface area (Å²) in [5.74, 6) is 1.54. The molecule has 0 fully saturated rings. The fraction of sp³-hybridized carbons (Fsp3) is 0.161. The molecule has 41 heavy (non-hydrogen) atoms. The van der Waals surface area contributed by atoms with Gasteiger partial charge in [-0.2, -0.15) is 8.78 Å². The van der Waals surface area contributed by atoms with Crippen LogP contribution in [0.5, 0.6) is 5.75 Å². The molecular formula is C31H19F7N2O. The van der Waals surface area contributed by atoms with Gasteiger partial charge in [0.1, 0.15) is 17.4 Å². The Kier molecular flexibility index (Phi) is 8.94. The molecule has 0 aliphatic carbocycles. The smallest absolute Gasteiger partial charge is 0.426 e. The number of aryl methyl sites for hydroxylation is 1. The Bertz CT molecular complexity index is 1630. The summed E-state index contributed by atoms with van der Waals surface area (Å²) in [6.45, 7) is 2.08. The molecular weight excluding hydrogens is 549 g/mol. The number of halogens is 7. The van der Waals surface area contributed by atoms with Crippen molar-refractivity contribution >= 4 is 0 Å². The molecule has 10 heteroatoms. The molecule has 0 atom stereocenters. The van der Waals surface area contributed by atoms with Crippen LogP contribution in [0.2, 0.25) is 0 Å². The van der Waals surface area contributed by atoms with Crippen molar-refractivity contribution in [2.24, 2.45) is 0 Å². The van der Waals surface area contributed by atoms with Crippen LogP contribution < -0.4 is 4.74 Å². The predicted octanol–water partition coefficient (Wildman–Crippen LogP) is 7.44. The largest absolute Gasteiger partial charge is 0.429 e. The molecule has 0 radical (unpaired) electrons. The molecule has 3 nitrogen and oxygen atoms in total. The Morgan fingerprint density at radius 1 is 0.732 bits per heavy atom. The average molecular weight is 568 g/mol. The van der Waals surface area contributed by atoms with Crippen LogP contribution in [0.3, 0.4) is 0 Å². The monoisotopic (exact) mass is 568 g/mol. The molecule has 0 saturated carbocycles. The van der Waals surface area contributed by atoms with Gasteiger partial charge in [0.25, 0.3) is 0 Å². The van der Waals surface area contributed by atoms with Crippen LogP contribution in [-0.2, 0) is 12.5 Å². The fourth-order valence-electron chi connectivity index (χ4n) is 3.50. The number of alkyl halides is 2. The van der Waals surface area contributed by atoms with Crippen LogP contribution in [-0.4, -0.2) is 9.97 Å². The summed E-state index contributed by atoms with van der Waals surface area (Å²) in [5, 5.41) is 0. The minimum Gasteiger partial charge on any atom is -0.429 e. The maximum Gasteiger partial charge on any atom is 0.426 e. The molecule has 0 spiro atoms. The van der Waals surface area contributed by atoms with E-state index in [1.165, 1.54) is 12.1 Å². The number of hydrogen-bond donors (Lipinski definition) is 0. The summed E-state index contributed by atoms with van der Waals surface area (Å²) < 4.78 is 103. The highest BCUT2D eigenvalue weighted by Crippen LogP contribution is 2.33. The molecule has 4 rings (SSSR count). The van der Waals surface area contributed by atoms with Crippen LogP contribution in [0.15, 0.2) is 60.9 Å². The number of hydrogen-bond acceptors (Lipinski definition) is 3. The summed E-state index contributed by atoms with van der Waals surface area (Å²) in [6.07, 6.45) is 2.33. The molecule has 4 aromatic rings. The van der Waals surface area contributed by atoms with Crippen molar-refractivity contribution in [2.75, 3.05) is 0 Å². The molecule has 0 bridgehead atoms. The topological polar surface area (TPSA) is 35.0 Å². The molecule has 0 aliphatic heterocycles. The number of benzene rings is 3. The van der Waals surface area contributed by atoms with Gasteiger partial charge >= 0.3 is 6.11 Å². The second kappa shape index (κ2) is 12.6. The first-order chi connectivity index (χ1) is 19.6. The lowest BCUT2D eigenvalue weighted by molar-refractivity contribution is -0.185. The molecule has 1 heterocycles. The van der Waals surface area contributed by atoms with E-state index in [2.05, 4.69) is 39.4 Å². The summed E-state index contributed by atoms with van der Waals surface area (Å²) in [5.41, 5.74) is -0.486. The quantitative estimate of drug-likeness (QED) is 0.138. The zero-order valence-corrected chi connectivity index (χ0v) is 21.3. The minimum absolute atomic E-state index is 0.275. The van der Waals surface area contributed by atoms with Crippen molar-refractivity contribution in [1.82, 2.24) is 9.97 Å². The molecule has 1 aromatic heterocycles. The van der Waals surface area contributed by atoms with E-state index in [1.807, 2.05) is 5.92 Å². The molecule has 0 N–H and O–H groups in total. The molecule has 0 saturated heterocycles. The Balaban J connectivity index is 1.46. The van der Waals surface area contributed by atoms with Gasteiger partial charge in [0, 0.05) is 35.7 Å². The highest BCUT2D eigenvalue weighted by Gasteiger charge is 2.35. The van der Waals surface area contributed by atoms with E-state index < -0.39 is 57.6 Å². The number of unbranched alkanes of at least 4 members (excludes halogenated alkanes) is 1. The van der Waals surface area contributed by atoms with Crippen LogP contribution in [0, 0.1) is 52.8 Å². The van der Waals surface area contributed by atoms with Gasteiger partial charge < -0.3 is 4.74 Å². The number of ether oxygens (including phenoxy) is 1. The Morgan fingerprint density at radius 3 is 1.90 bits per heavy atom. The van der Waals surface area contributed by atoms with Gasteiger partial charge in [0.2, 0.25) is 5.82 Å². The summed E-state index contributed by atoms with van der Waals surface area (Å²) in [4.78, 5) is 8.34. The highest BCUT2D eigenvalue weighted by atomic mass is 19.3. The first kappa shape index (κ1) is 29.2. The zero-order chi connectivity index (χ0) is 29.6. The van der Waals surface area contributed by atoms with E-state index >= 15 is 0 Å². The number of rotatable bonds is 6. The maximum atomic E-state index is 14.7. The van der Waals surface area contributed by atoms with Crippen LogP contribution >= 0.6 is 0 Å². The Morgan fingerprint density at radius 2 is 1.32 bits per heavy atom. The van der Waals surface area contributed by atoms with Crippen LogP contribution in [0.1, 0.15) is 53.4 Å². The molecule has 0 aliphatic rings. The van der Waals surface area contributed by atoms with Crippen molar-refractivity contribution in [3.05, 3.63) is 124 Å². The van der Waals surface area contributed by atoms with Gasteiger partial charge in [-0.15, -0.1) is 0 Å². The molecule has 0 unspecified atom stereocenters. The van der Waals surface area contributed by atoms with Crippen molar-refractivity contribution in [3.63, 3.8) is 0 Å². The van der Waals surface area contributed by atoms with Gasteiger partial charge in [-0.25, -0.2) is 31.9 Å². The second-order valence-corrected chi connectivity index (χ2v) is 8.73. The van der Waals surface area contributed by atoms with Crippen molar-refractivity contribution < 1.29 is 35.5 Å². The minimum atomic E-state index is -3.97. The first-order valence-electron chi connectivity index (χ1n) is 12.2. The standard InChI is InChI=1S/C31H19F7N2O/c1-2-3-4-21-17-39-29(40-18-21)12-8-19-5-9-22(10-6-19)31(37,38)41-23-15-25(32)24(26(33)16-23)11-7-20-13-27(34)30(36)28(35)14-20/h5-6,9-10,13-18H,2-4H2,1H3. The van der Waals surface area contributed by atoms with Gasteiger partial charge in [0.15, 0.2) is 17.5 Å². The summed E-state index contributed by atoms with van der Waals surface area (Å²) >= 11 is 0. The summed E-state index contributed by atoms with van der Waals surface area (Å²) in [6, 6.07) is 6.77. The van der Waals surface area contributed by atoms with Crippen molar-refractivity contribution in [3.8, 4) is 29.4 Å². The van der Waals surface area contributed by atoms with E-state index in [4.69, 9.17) is 0 Å².